The van der Waals surface area contributed by atoms with Crippen molar-refractivity contribution in [3.05, 3.63) is 11.6 Å². The molecular weight excluding hydrogens is 336 g/mol. The first kappa shape index (κ1) is 18.2. The molecule has 0 aromatic carbocycles. The van der Waals surface area contributed by atoms with Gasteiger partial charge < -0.3 is 9.47 Å². The van der Waals surface area contributed by atoms with Crippen LogP contribution in [0.1, 0.15) is 79.1 Å². The number of carbonyl (C=O) groups is 1. The van der Waals surface area contributed by atoms with E-state index >= 15 is 0 Å². The minimum absolute atomic E-state index is 0.0727. The van der Waals surface area contributed by atoms with Crippen LogP contribution in [0.3, 0.4) is 0 Å². The zero-order chi connectivity index (χ0) is 19.0. The highest BCUT2D eigenvalue weighted by Crippen LogP contribution is 2.69. The van der Waals surface area contributed by atoms with Gasteiger partial charge in [-0.15, -0.1) is 0 Å². The van der Waals surface area contributed by atoms with Crippen molar-refractivity contribution >= 4 is 5.97 Å². The van der Waals surface area contributed by atoms with Crippen molar-refractivity contribution in [2.45, 2.75) is 90.8 Å². The Hall–Kier alpha value is -0.830. The Morgan fingerprint density at radius 2 is 1.93 bits per heavy atom. The number of carbonyl (C=O) groups excluding carboxylic acids is 1. The van der Waals surface area contributed by atoms with Gasteiger partial charge in [-0.1, -0.05) is 18.6 Å². The standard InChI is InChI=1S/C24H36O3/c1-15(25)27-17-9-11-23(4)16(13-17)5-6-18-19(23)10-12-24-14-26-22(2,3)21(24)8-7-20(18)24/h5,17-21H,6-14H2,1-4H3/t17-,18+,19-,20-,21+,23-,24+/m0/s1. The molecule has 7 atom stereocenters. The minimum atomic E-state index is -0.127. The summed E-state index contributed by atoms with van der Waals surface area (Å²) in [6, 6.07) is 0. The third-order valence-electron chi connectivity index (χ3n) is 9.66. The highest BCUT2D eigenvalue weighted by atomic mass is 16.5. The minimum Gasteiger partial charge on any atom is -0.462 e. The Balaban J connectivity index is 1.42. The van der Waals surface area contributed by atoms with Gasteiger partial charge in [0.2, 0.25) is 0 Å². The maximum absolute atomic E-state index is 11.4. The van der Waals surface area contributed by atoms with Crippen LogP contribution in [0.25, 0.3) is 0 Å². The van der Waals surface area contributed by atoms with Crippen LogP contribution in [0.15, 0.2) is 11.6 Å². The first-order valence-electron chi connectivity index (χ1n) is 11.3. The number of ether oxygens (including phenoxy) is 2. The molecule has 0 amide bonds. The first-order valence-corrected chi connectivity index (χ1v) is 11.3. The summed E-state index contributed by atoms with van der Waals surface area (Å²) in [7, 11) is 0. The fourth-order valence-corrected chi connectivity index (χ4v) is 8.51. The van der Waals surface area contributed by atoms with Crippen molar-refractivity contribution in [2.75, 3.05) is 6.61 Å². The second-order valence-electron chi connectivity index (χ2n) is 11.0. The van der Waals surface area contributed by atoms with E-state index in [1.165, 1.54) is 38.5 Å². The molecule has 1 spiro atoms. The van der Waals surface area contributed by atoms with Crippen LogP contribution in [0.5, 0.6) is 0 Å². The summed E-state index contributed by atoms with van der Waals surface area (Å²) in [4.78, 5) is 11.4. The van der Waals surface area contributed by atoms with E-state index in [1.807, 2.05) is 0 Å². The van der Waals surface area contributed by atoms with Gasteiger partial charge >= 0.3 is 5.97 Å². The number of hydrogen-bond acceptors (Lipinski definition) is 3. The van der Waals surface area contributed by atoms with Gasteiger partial charge in [-0.2, -0.15) is 0 Å². The quantitative estimate of drug-likeness (QED) is 0.464. The van der Waals surface area contributed by atoms with Crippen molar-refractivity contribution < 1.29 is 14.3 Å². The molecule has 5 rings (SSSR count). The third-order valence-corrected chi connectivity index (χ3v) is 9.66. The lowest BCUT2D eigenvalue weighted by atomic mass is 9.47. The lowest BCUT2D eigenvalue weighted by molar-refractivity contribution is -0.148. The van der Waals surface area contributed by atoms with Gasteiger partial charge in [-0.3, -0.25) is 4.79 Å². The Labute approximate surface area is 164 Å². The molecule has 0 unspecified atom stereocenters. The highest BCUT2D eigenvalue weighted by molar-refractivity contribution is 5.66. The molecule has 1 heterocycles. The molecule has 1 aliphatic heterocycles. The van der Waals surface area contributed by atoms with Gasteiger partial charge in [-0.25, -0.2) is 0 Å². The highest BCUT2D eigenvalue weighted by Gasteiger charge is 2.66. The Kier molecular flexibility index (Phi) is 3.94. The van der Waals surface area contributed by atoms with Crippen LogP contribution < -0.4 is 0 Å². The second kappa shape index (κ2) is 5.84. The number of esters is 1. The topological polar surface area (TPSA) is 35.5 Å². The first-order chi connectivity index (χ1) is 12.8. The predicted molar refractivity (Wildman–Crippen MR) is 105 cm³/mol. The monoisotopic (exact) mass is 372 g/mol. The second-order valence-corrected chi connectivity index (χ2v) is 11.0. The summed E-state index contributed by atoms with van der Waals surface area (Å²) in [6.45, 7) is 9.73. The van der Waals surface area contributed by atoms with Crippen molar-refractivity contribution in [3.63, 3.8) is 0 Å². The molecule has 3 saturated carbocycles. The summed E-state index contributed by atoms with van der Waals surface area (Å²) in [5.74, 6) is 3.13. The zero-order valence-corrected chi connectivity index (χ0v) is 17.6. The maximum Gasteiger partial charge on any atom is 0.302 e. The van der Waals surface area contributed by atoms with E-state index in [9.17, 15) is 4.79 Å². The molecule has 5 aliphatic rings. The molecule has 0 aromatic heterocycles. The lowest BCUT2D eigenvalue weighted by Gasteiger charge is -2.57. The molecule has 0 N–H and O–H groups in total. The van der Waals surface area contributed by atoms with Crippen LogP contribution >= 0.6 is 0 Å². The van der Waals surface area contributed by atoms with Crippen molar-refractivity contribution in [3.8, 4) is 0 Å². The van der Waals surface area contributed by atoms with Crippen molar-refractivity contribution in [1.29, 1.82) is 0 Å². The lowest BCUT2D eigenvalue weighted by Crippen LogP contribution is -2.52. The van der Waals surface area contributed by atoms with E-state index < -0.39 is 0 Å². The summed E-state index contributed by atoms with van der Waals surface area (Å²) in [5.41, 5.74) is 2.45. The molecular formula is C24H36O3. The normalized spacial score (nSPS) is 50.1. The number of hydrogen-bond donors (Lipinski definition) is 0. The van der Waals surface area contributed by atoms with E-state index in [-0.39, 0.29) is 17.7 Å². The summed E-state index contributed by atoms with van der Waals surface area (Å²) < 4.78 is 11.9. The average Bonchev–Trinajstić information content (AvgIpc) is 3.11. The van der Waals surface area contributed by atoms with Crippen molar-refractivity contribution in [2.24, 2.45) is 34.5 Å². The molecule has 3 heteroatoms. The van der Waals surface area contributed by atoms with E-state index in [0.717, 1.165) is 43.1 Å². The molecule has 150 valence electrons. The molecule has 0 radical (unpaired) electrons. The molecule has 4 aliphatic carbocycles. The predicted octanol–water partition coefficient (Wildman–Crippen LogP) is 5.29. The molecule has 0 aromatic rings. The van der Waals surface area contributed by atoms with Crippen LogP contribution in [0, 0.1) is 34.5 Å². The maximum atomic E-state index is 11.4. The van der Waals surface area contributed by atoms with Crippen LogP contribution in [-0.2, 0) is 14.3 Å². The molecule has 4 fully saturated rings. The van der Waals surface area contributed by atoms with E-state index in [0.29, 0.717) is 10.8 Å². The van der Waals surface area contributed by atoms with E-state index in [2.05, 4.69) is 26.8 Å². The average molecular weight is 373 g/mol. The number of fused-ring (bicyclic) bond motifs is 4. The number of allylic oxidation sites excluding steroid dienone is 1. The van der Waals surface area contributed by atoms with Crippen molar-refractivity contribution in [1.82, 2.24) is 0 Å². The van der Waals surface area contributed by atoms with Crippen LogP contribution in [0.2, 0.25) is 0 Å². The van der Waals surface area contributed by atoms with Gasteiger partial charge in [0.05, 0.1) is 12.2 Å². The fraction of sp³-hybridized carbons (Fsp3) is 0.875. The van der Waals surface area contributed by atoms with Gasteiger partial charge in [0.1, 0.15) is 6.10 Å². The molecule has 3 nitrogen and oxygen atoms in total. The molecule has 27 heavy (non-hydrogen) atoms. The van der Waals surface area contributed by atoms with E-state index in [1.54, 1.807) is 12.5 Å². The number of rotatable bonds is 1. The van der Waals surface area contributed by atoms with Crippen LogP contribution in [0.4, 0.5) is 0 Å². The summed E-state index contributed by atoms with van der Waals surface area (Å²) in [6.07, 6.45) is 12.6. The SMILES string of the molecule is CC(=O)O[C@H]1CC[C@@]2(C)C(=CC[C@H]3[C@@H]4CC[C@@H]5C(C)(C)OC[C@@]54CC[C@@H]32)C1. The largest absolute Gasteiger partial charge is 0.462 e. The van der Waals surface area contributed by atoms with Crippen LogP contribution in [-0.4, -0.2) is 24.3 Å². The molecule has 0 bridgehead atoms. The molecule has 1 saturated heterocycles. The van der Waals surface area contributed by atoms with Gasteiger partial charge in [0.25, 0.3) is 0 Å². The van der Waals surface area contributed by atoms with Gasteiger partial charge in [0, 0.05) is 18.8 Å². The zero-order valence-electron chi connectivity index (χ0n) is 17.6. The Morgan fingerprint density at radius 3 is 2.70 bits per heavy atom. The third kappa shape index (κ3) is 2.46. The summed E-state index contributed by atoms with van der Waals surface area (Å²) >= 11 is 0. The summed E-state index contributed by atoms with van der Waals surface area (Å²) in [5, 5.41) is 0. The Morgan fingerprint density at radius 1 is 1.11 bits per heavy atom. The van der Waals surface area contributed by atoms with E-state index in [4.69, 9.17) is 9.47 Å². The van der Waals surface area contributed by atoms with Gasteiger partial charge in [-0.05, 0) is 87.9 Å². The van der Waals surface area contributed by atoms with Gasteiger partial charge in [0.15, 0.2) is 0 Å². The smallest absolute Gasteiger partial charge is 0.302 e. The Bertz CT molecular complexity index is 679. The fourth-order valence-electron chi connectivity index (χ4n) is 8.51.